The van der Waals surface area contributed by atoms with Crippen molar-refractivity contribution in [3.8, 4) is 0 Å². The van der Waals surface area contributed by atoms with Crippen molar-refractivity contribution in [2.45, 2.75) is 25.5 Å². The van der Waals surface area contributed by atoms with Crippen molar-refractivity contribution in [1.29, 1.82) is 0 Å². The van der Waals surface area contributed by atoms with Gasteiger partial charge in [0.2, 0.25) is 10.0 Å². The average molecular weight is 301 g/mol. The van der Waals surface area contributed by atoms with Crippen LogP contribution in [0.4, 0.5) is 10.1 Å². The Hall–Kier alpha value is -1.89. The Bertz CT molecular complexity index is 645. The van der Waals surface area contributed by atoms with Crippen molar-refractivity contribution < 1.29 is 22.7 Å². The molecule has 1 aromatic rings. The van der Waals surface area contributed by atoms with Crippen LogP contribution in [0.25, 0.3) is 6.08 Å². The molecule has 2 N–H and O–H groups in total. The minimum Gasteiger partial charge on any atom is -0.478 e. The van der Waals surface area contributed by atoms with E-state index in [1.165, 1.54) is 32.9 Å². The first-order valence-corrected chi connectivity index (χ1v) is 7.24. The number of benzene rings is 1. The lowest BCUT2D eigenvalue weighted by Crippen LogP contribution is -2.33. The number of rotatable bonds is 4. The van der Waals surface area contributed by atoms with Gasteiger partial charge in [-0.15, -0.1) is 0 Å². The Kier molecular flexibility index (Phi) is 4.54. The van der Waals surface area contributed by atoms with E-state index in [2.05, 4.69) is 4.72 Å². The highest BCUT2D eigenvalue weighted by molar-refractivity contribution is 7.94. The van der Waals surface area contributed by atoms with Gasteiger partial charge in [-0.2, -0.15) is 0 Å². The molecular formula is C13H16FNO4S. The van der Waals surface area contributed by atoms with Crippen molar-refractivity contribution in [2.24, 2.45) is 0 Å². The second-order valence-corrected chi connectivity index (χ2v) is 7.56. The fourth-order valence-electron chi connectivity index (χ4n) is 1.20. The van der Waals surface area contributed by atoms with Crippen LogP contribution in [0.2, 0.25) is 0 Å². The second kappa shape index (κ2) is 5.62. The topological polar surface area (TPSA) is 83.5 Å². The molecule has 110 valence electrons. The molecule has 0 atom stereocenters. The number of nitrogens with one attached hydrogen (secondary N) is 1. The lowest BCUT2D eigenvalue weighted by Gasteiger charge is -2.20. The highest BCUT2D eigenvalue weighted by Crippen LogP contribution is 2.21. The first kappa shape index (κ1) is 16.2. The Balaban J connectivity index is 3.03. The number of anilines is 1. The van der Waals surface area contributed by atoms with Gasteiger partial charge in [-0.25, -0.2) is 17.6 Å². The monoisotopic (exact) mass is 301 g/mol. The molecule has 0 saturated carbocycles. The van der Waals surface area contributed by atoms with Crippen molar-refractivity contribution in [3.05, 3.63) is 35.7 Å². The van der Waals surface area contributed by atoms with E-state index in [9.17, 15) is 17.6 Å². The number of halogens is 1. The van der Waals surface area contributed by atoms with Crippen LogP contribution >= 0.6 is 0 Å². The largest absolute Gasteiger partial charge is 0.478 e. The molecule has 0 aliphatic carbocycles. The highest BCUT2D eigenvalue weighted by Gasteiger charge is 2.28. The number of carboxylic acid groups (broad SMARTS) is 1. The van der Waals surface area contributed by atoms with Crippen LogP contribution in [0.15, 0.2) is 24.3 Å². The van der Waals surface area contributed by atoms with Crippen molar-refractivity contribution in [2.75, 3.05) is 4.72 Å². The van der Waals surface area contributed by atoms with Crippen molar-refractivity contribution >= 4 is 27.8 Å². The van der Waals surface area contributed by atoms with E-state index >= 15 is 0 Å². The zero-order chi connectivity index (χ0) is 15.6. The maximum Gasteiger partial charge on any atom is 0.328 e. The molecule has 0 radical (unpaired) electrons. The summed E-state index contributed by atoms with van der Waals surface area (Å²) in [4.78, 5) is 10.3. The van der Waals surface area contributed by atoms with E-state index in [4.69, 9.17) is 5.11 Å². The van der Waals surface area contributed by atoms with E-state index in [-0.39, 0.29) is 11.3 Å². The van der Waals surface area contributed by atoms with Gasteiger partial charge in [-0.05, 0) is 45.0 Å². The molecule has 0 fully saturated rings. The summed E-state index contributed by atoms with van der Waals surface area (Å²) in [5.74, 6) is -1.90. The molecule has 0 spiro atoms. The van der Waals surface area contributed by atoms with Crippen LogP contribution in [0, 0.1) is 5.82 Å². The lowest BCUT2D eigenvalue weighted by molar-refractivity contribution is -0.131. The standard InChI is InChI=1S/C13H16FNO4S/c1-13(2,3)20(18,19)15-10-6-4-9(11(14)8-10)5-7-12(16)17/h4-8,15H,1-3H3,(H,16,17). The third kappa shape index (κ3) is 4.06. The van der Waals surface area contributed by atoms with E-state index < -0.39 is 26.6 Å². The summed E-state index contributed by atoms with van der Waals surface area (Å²) >= 11 is 0. The van der Waals surface area contributed by atoms with E-state index in [0.29, 0.717) is 0 Å². The van der Waals surface area contributed by atoms with Crippen LogP contribution in [-0.2, 0) is 14.8 Å². The van der Waals surface area contributed by atoms with Gasteiger partial charge < -0.3 is 5.11 Å². The molecule has 0 aliphatic heterocycles. The van der Waals surface area contributed by atoms with Crippen LogP contribution in [0.3, 0.4) is 0 Å². The molecule has 1 rings (SSSR count). The third-order valence-corrected chi connectivity index (χ3v) is 4.58. The molecule has 0 unspecified atom stereocenters. The third-order valence-electron chi connectivity index (χ3n) is 2.46. The molecule has 5 nitrogen and oxygen atoms in total. The summed E-state index contributed by atoms with van der Waals surface area (Å²) in [5.41, 5.74) is 0.149. The predicted octanol–water partition coefficient (Wildman–Crippen LogP) is 2.46. The molecule has 0 amide bonds. The number of sulfonamides is 1. The fraction of sp³-hybridized carbons (Fsp3) is 0.308. The van der Waals surface area contributed by atoms with Crippen molar-refractivity contribution in [1.82, 2.24) is 0 Å². The van der Waals surface area contributed by atoms with Gasteiger partial charge in [0.05, 0.1) is 10.4 Å². The number of hydrogen-bond acceptors (Lipinski definition) is 3. The highest BCUT2D eigenvalue weighted by atomic mass is 32.2. The zero-order valence-electron chi connectivity index (χ0n) is 11.3. The summed E-state index contributed by atoms with van der Waals surface area (Å²) in [6, 6.07) is 3.67. The molecule has 20 heavy (non-hydrogen) atoms. The second-order valence-electron chi connectivity index (χ2n) is 5.13. The Morgan fingerprint density at radius 1 is 1.35 bits per heavy atom. The summed E-state index contributed by atoms with van der Waals surface area (Å²) in [5, 5.41) is 8.46. The average Bonchev–Trinajstić information content (AvgIpc) is 2.25. The van der Waals surface area contributed by atoms with Gasteiger partial charge >= 0.3 is 5.97 Å². The summed E-state index contributed by atoms with van der Waals surface area (Å²) in [6.07, 6.45) is 1.90. The van der Waals surface area contributed by atoms with Crippen molar-refractivity contribution in [3.63, 3.8) is 0 Å². The SMILES string of the molecule is CC(C)(C)S(=O)(=O)Nc1ccc(C=CC(=O)O)c(F)c1. The van der Waals surface area contributed by atoms with E-state index in [1.54, 1.807) is 0 Å². The first-order valence-electron chi connectivity index (χ1n) is 5.76. The normalized spacial score (nSPS) is 12.6. The molecule has 0 bridgehead atoms. The van der Waals surface area contributed by atoms with Gasteiger partial charge in [-0.3, -0.25) is 4.72 Å². The Morgan fingerprint density at radius 3 is 2.40 bits per heavy atom. The van der Waals surface area contributed by atoms with Gasteiger partial charge in [0.25, 0.3) is 0 Å². The molecule has 0 aliphatic rings. The molecule has 7 heteroatoms. The smallest absolute Gasteiger partial charge is 0.328 e. The molecule has 0 heterocycles. The Morgan fingerprint density at radius 2 is 1.95 bits per heavy atom. The van der Waals surface area contributed by atoms with E-state index in [0.717, 1.165) is 18.2 Å². The quantitative estimate of drug-likeness (QED) is 0.837. The Labute approximate surface area is 117 Å². The molecular weight excluding hydrogens is 285 g/mol. The van der Waals surface area contributed by atoms with Gasteiger partial charge in [0.15, 0.2) is 0 Å². The minimum atomic E-state index is -3.63. The van der Waals surface area contributed by atoms with Gasteiger partial charge in [0, 0.05) is 11.6 Å². The maximum atomic E-state index is 13.7. The molecule has 1 aromatic carbocycles. The van der Waals surface area contributed by atoms with Crippen LogP contribution in [0.5, 0.6) is 0 Å². The molecule has 0 saturated heterocycles. The van der Waals surface area contributed by atoms with Crippen LogP contribution in [0.1, 0.15) is 26.3 Å². The van der Waals surface area contributed by atoms with E-state index in [1.807, 2.05) is 0 Å². The lowest BCUT2D eigenvalue weighted by atomic mass is 10.2. The number of carboxylic acids is 1. The predicted molar refractivity (Wildman–Crippen MR) is 75.4 cm³/mol. The first-order chi connectivity index (χ1) is 9.03. The summed E-state index contributed by atoms with van der Waals surface area (Å²) in [7, 11) is -3.63. The number of aliphatic carboxylic acids is 1. The molecule has 0 aromatic heterocycles. The summed E-state index contributed by atoms with van der Waals surface area (Å²) < 4.78 is 38.8. The van der Waals surface area contributed by atoms with Gasteiger partial charge in [0.1, 0.15) is 5.82 Å². The fourth-order valence-corrected chi connectivity index (χ4v) is 1.94. The van der Waals surface area contributed by atoms with Gasteiger partial charge in [-0.1, -0.05) is 0 Å². The van der Waals surface area contributed by atoms with Crippen LogP contribution < -0.4 is 4.72 Å². The van der Waals surface area contributed by atoms with Crippen LogP contribution in [-0.4, -0.2) is 24.2 Å². The number of hydrogen-bond donors (Lipinski definition) is 2. The number of carbonyl (C=O) groups is 1. The summed E-state index contributed by atoms with van der Waals surface area (Å²) in [6.45, 7) is 4.57. The maximum absolute atomic E-state index is 13.7. The minimum absolute atomic E-state index is 0.0612. The zero-order valence-corrected chi connectivity index (χ0v) is 12.2.